The second-order valence-corrected chi connectivity index (χ2v) is 4.76. The van der Waals surface area contributed by atoms with Crippen LogP contribution in [0, 0.1) is 17.2 Å². The van der Waals surface area contributed by atoms with Gasteiger partial charge in [0.2, 0.25) is 0 Å². The predicted octanol–water partition coefficient (Wildman–Crippen LogP) is 2.88. The first-order valence-electron chi connectivity index (χ1n) is 6.55. The van der Waals surface area contributed by atoms with Gasteiger partial charge in [0.1, 0.15) is 5.76 Å². The van der Waals surface area contributed by atoms with Crippen LogP contribution in [0.25, 0.3) is 0 Å². The van der Waals surface area contributed by atoms with Gasteiger partial charge >= 0.3 is 0 Å². The molecule has 1 saturated carbocycles. The third kappa shape index (κ3) is 3.61. The lowest BCUT2D eigenvalue weighted by Gasteiger charge is -2.20. The summed E-state index contributed by atoms with van der Waals surface area (Å²) in [5.41, 5.74) is 0. The molecule has 17 heavy (non-hydrogen) atoms. The Bertz CT molecular complexity index is 353. The van der Waals surface area contributed by atoms with Crippen molar-refractivity contribution in [2.45, 2.75) is 44.6 Å². The Labute approximate surface area is 103 Å². The van der Waals surface area contributed by atoms with Crippen molar-refractivity contribution in [1.29, 1.82) is 5.26 Å². The van der Waals surface area contributed by atoms with Crippen LogP contribution in [0.15, 0.2) is 22.8 Å². The number of nitrogens with one attached hydrogen (secondary N) is 1. The van der Waals surface area contributed by atoms with Gasteiger partial charge in [-0.3, -0.25) is 0 Å². The summed E-state index contributed by atoms with van der Waals surface area (Å²) in [5.74, 6) is 1.20. The number of nitriles is 1. The van der Waals surface area contributed by atoms with Crippen LogP contribution in [0.4, 0.5) is 0 Å². The summed E-state index contributed by atoms with van der Waals surface area (Å²) < 4.78 is 5.30. The van der Waals surface area contributed by atoms with E-state index in [-0.39, 0.29) is 5.92 Å². The van der Waals surface area contributed by atoms with Gasteiger partial charge in [-0.2, -0.15) is 5.26 Å². The molecule has 2 rings (SSSR count). The average Bonchev–Trinajstić information content (AvgIpc) is 2.75. The fourth-order valence-electron chi connectivity index (χ4n) is 2.54. The molecule has 2 atom stereocenters. The summed E-state index contributed by atoms with van der Waals surface area (Å²) in [6.45, 7) is 0.899. The molecule has 1 N–H and O–H groups in total. The van der Waals surface area contributed by atoms with Crippen molar-refractivity contribution in [2.24, 2.45) is 5.92 Å². The predicted molar refractivity (Wildman–Crippen MR) is 66.4 cm³/mol. The molecule has 1 fully saturated rings. The third-order valence-electron chi connectivity index (χ3n) is 3.54. The van der Waals surface area contributed by atoms with Crippen LogP contribution < -0.4 is 5.32 Å². The minimum Gasteiger partial charge on any atom is -0.469 e. The topological polar surface area (TPSA) is 49.0 Å². The molecule has 92 valence electrons. The van der Waals surface area contributed by atoms with Gasteiger partial charge in [-0.1, -0.05) is 19.3 Å². The molecule has 3 heteroatoms. The highest BCUT2D eigenvalue weighted by molar-refractivity contribution is 4.99. The molecule has 0 aromatic carbocycles. The highest BCUT2D eigenvalue weighted by Crippen LogP contribution is 2.22. The molecule has 0 aliphatic heterocycles. The van der Waals surface area contributed by atoms with Crippen molar-refractivity contribution in [3.05, 3.63) is 24.2 Å². The van der Waals surface area contributed by atoms with Crippen LogP contribution >= 0.6 is 0 Å². The molecule has 0 bridgehead atoms. The van der Waals surface area contributed by atoms with Crippen molar-refractivity contribution in [3.8, 4) is 6.07 Å². The van der Waals surface area contributed by atoms with Gasteiger partial charge in [0, 0.05) is 19.0 Å². The molecular weight excluding hydrogens is 212 g/mol. The number of furan rings is 1. The van der Waals surface area contributed by atoms with Crippen LogP contribution in [0.2, 0.25) is 0 Å². The SMILES string of the molecule is N#CC1CCCCCC1NCCc1ccco1. The molecular formula is C14H20N2O. The molecule has 1 aliphatic rings. The first-order valence-corrected chi connectivity index (χ1v) is 6.55. The molecule has 0 spiro atoms. The molecule has 1 aromatic heterocycles. The summed E-state index contributed by atoms with van der Waals surface area (Å²) in [7, 11) is 0. The molecule has 1 aliphatic carbocycles. The second kappa shape index (κ2) is 6.46. The Kier molecular flexibility index (Phi) is 4.63. The number of rotatable bonds is 4. The van der Waals surface area contributed by atoms with Gasteiger partial charge in [-0.25, -0.2) is 0 Å². The van der Waals surface area contributed by atoms with E-state index in [0.717, 1.165) is 31.6 Å². The van der Waals surface area contributed by atoms with Crippen LogP contribution in [-0.4, -0.2) is 12.6 Å². The summed E-state index contributed by atoms with van der Waals surface area (Å²) in [5, 5.41) is 12.7. The quantitative estimate of drug-likeness (QED) is 0.812. The van der Waals surface area contributed by atoms with E-state index in [1.54, 1.807) is 6.26 Å². The lowest BCUT2D eigenvalue weighted by Crippen LogP contribution is -2.36. The summed E-state index contributed by atoms with van der Waals surface area (Å²) in [4.78, 5) is 0. The van der Waals surface area contributed by atoms with E-state index >= 15 is 0 Å². The van der Waals surface area contributed by atoms with E-state index in [9.17, 15) is 0 Å². The third-order valence-corrected chi connectivity index (χ3v) is 3.54. The summed E-state index contributed by atoms with van der Waals surface area (Å²) in [6, 6.07) is 6.74. The smallest absolute Gasteiger partial charge is 0.105 e. The van der Waals surface area contributed by atoms with E-state index in [1.165, 1.54) is 19.3 Å². The van der Waals surface area contributed by atoms with Gasteiger partial charge in [-0.15, -0.1) is 0 Å². The normalized spacial score (nSPS) is 25.1. The highest BCUT2D eigenvalue weighted by Gasteiger charge is 2.22. The average molecular weight is 232 g/mol. The summed E-state index contributed by atoms with van der Waals surface area (Å²) in [6.07, 6.45) is 8.52. The number of nitrogens with zero attached hydrogens (tertiary/aromatic N) is 1. The van der Waals surface area contributed by atoms with Gasteiger partial charge in [0.05, 0.1) is 18.3 Å². The van der Waals surface area contributed by atoms with Gasteiger partial charge in [0.25, 0.3) is 0 Å². The lowest BCUT2D eigenvalue weighted by molar-refractivity contribution is 0.389. The Morgan fingerprint density at radius 1 is 1.35 bits per heavy atom. The van der Waals surface area contributed by atoms with Crippen molar-refractivity contribution in [2.75, 3.05) is 6.54 Å². The van der Waals surface area contributed by atoms with Crippen molar-refractivity contribution in [3.63, 3.8) is 0 Å². The van der Waals surface area contributed by atoms with Crippen molar-refractivity contribution in [1.82, 2.24) is 5.32 Å². The maximum Gasteiger partial charge on any atom is 0.105 e. The highest BCUT2D eigenvalue weighted by atomic mass is 16.3. The Morgan fingerprint density at radius 2 is 2.24 bits per heavy atom. The van der Waals surface area contributed by atoms with E-state index in [1.807, 2.05) is 12.1 Å². The standard InChI is InChI=1S/C14H20N2O/c15-11-12-5-2-1-3-7-14(12)16-9-8-13-6-4-10-17-13/h4,6,10,12,14,16H,1-3,5,7-9H2. The van der Waals surface area contributed by atoms with E-state index < -0.39 is 0 Å². The fraction of sp³-hybridized carbons (Fsp3) is 0.643. The van der Waals surface area contributed by atoms with Gasteiger partial charge in [-0.05, 0) is 25.0 Å². The maximum absolute atomic E-state index is 9.16. The van der Waals surface area contributed by atoms with Crippen LogP contribution in [-0.2, 0) is 6.42 Å². The lowest BCUT2D eigenvalue weighted by atomic mass is 9.96. The Balaban J connectivity index is 1.78. The minimum atomic E-state index is 0.189. The monoisotopic (exact) mass is 232 g/mol. The minimum absolute atomic E-state index is 0.189. The molecule has 2 unspecified atom stereocenters. The second-order valence-electron chi connectivity index (χ2n) is 4.76. The molecule has 0 amide bonds. The zero-order valence-corrected chi connectivity index (χ0v) is 10.2. The first-order chi connectivity index (χ1) is 8.40. The first kappa shape index (κ1) is 12.2. The zero-order valence-electron chi connectivity index (χ0n) is 10.2. The number of hydrogen-bond donors (Lipinski definition) is 1. The van der Waals surface area contributed by atoms with Crippen LogP contribution in [0.1, 0.15) is 37.9 Å². The van der Waals surface area contributed by atoms with Crippen molar-refractivity contribution >= 4 is 0 Å². The molecule has 0 saturated heterocycles. The Hall–Kier alpha value is -1.27. The van der Waals surface area contributed by atoms with E-state index in [0.29, 0.717) is 6.04 Å². The Morgan fingerprint density at radius 3 is 3.00 bits per heavy atom. The van der Waals surface area contributed by atoms with Crippen LogP contribution in [0.5, 0.6) is 0 Å². The fourth-order valence-corrected chi connectivity index (χ4v) is 2.54. The van der Waals surface area contributed by atoms with E-state index in [4.69, 9.17) is 9.68 Å². The van der Waals surface area contributed by atoms with Crippen LogP contribution in [0.3, 0.4) is 0 Å². The largest absolute Gasteiger partial charge is 0.469 e. The molecule has 3 nitrogen and oxygen atoms in total. The molecule has 1 heterocycles. The maximum atomic E-state index is 9.16. The molecule has 0 radical (unpaired) electrons. The molecule has 1 aromatic rings. The van der Waals surface area contributed by atoms with Crippen molar-refractivity contribution < 1.29 is 4.42 Å². The summed E-state index contributed by atoms with van der Waals surface area (Å²) >= 11 is 0. The van der Waals surface area contributed by atoms with E-state index in [2.05, 4.69) is 11.4 Å². The number of hydrogen-bond acceptors (Lipinski definition) is 3. The zero-order chi connectivity index (χ0) is 11.9. The van der Waals surface area contributed by atoms with Gasteiger partial charge < -0.3 is 9.73 Å². The van der Waals surface area contributed by atoms with Gasteiger partial charge in [0.15, 0.2) is 0 Å².